The van der Waals surface area contributed by atoms with Crippen LogP contribution in [0.3, 0.4) is 0 Å². The maximum Gasteiger partial charge on any atom is 0.315 e. The van der Waals surface area contributed by atoms with Gasteiger partial charge in [-0.15, -0.1) is 23.2 Å². The van der Waals surface area contributed by atoms with Gasteiger partial charge in [-0.1, -0.05) is 24.3 Å². The number of halogens is 2. The molecule has 0 radical (unpaired) electrons. The van der Waals surface area contributed by atoms with Crippen molar-refractivity contribution >= 4 is 52.3 Å². The molecule has 1 atom stereocenters. The second-order valence-electron chi connectivity index (χ2n) is 7.30. The normalized spacial score (nSPS) is 21.1. The van der Waals surface area contributed by atoms with E-state index in [2.05, 4.69) is 5.32 Å². The number of rotatable bonds is 4. The van der Waals surface area contributed by atoms with E-state index in [1.807, 2.05) is 0 Å². The van der Waals surface area contributed by atoms with E-state index in [4.69, 9.17) is 27.9 Å². The molecule has 1 N–H and O–H groups in total. The lowest BCUT2D eigenvalue weighted by Gasteiger charge is -2.18. The van der Waals surface area contributed by atoms with Crippen LogP contribution in [0.15, 0.2) is 42.5 Å². The van der Waals surface area contributed by atoms with E-state index in [1.165, 1.54) is 18.2 Å². The van der Waals surface area contributed by atoms with Crippen molar-refractivity contribution in [3.8, 4) is 0 Å². The second kappa shape index (κ2) is 6.68. The van der Waals surface area contributed by atoms with Crippen molar-refractivity contribution in [2.75, 3.05) is 11.9 Å². The highest BCUT2D eigenvalue weighted by Gasteiger charge is 2.69. The summed E-state index contributed by atoms with van der Waals surface area (Å²) >= 11 is 11.8. The third-order valence-electron chi connectivity index (χ3n) is 5.25. The summed E-state index contributed by atoms with van der Waals surface area (Å²) in [5.74, 6) is -1.78. The number of hydrogen-bond donors (Lipinski definition) is 1. The zero-order valence-corrected chi connectivity index (χ0v) is 16.8. The first-order valence-corrected chi connectivity index (χ1v) is 9.57. The van der Waals surface area contributed by atoms with Crippen molar-refractivity contribution in [1.82, 2.24) is 0 Å². The maximum atomic E-state index is 12.7. The molecule has 8 heteroatoms. The fourth-order valence-corrected chi connectivity index (χ4v) is 3.97. The standard InChI is InChI=1S/C21H15Cl2NO5/c1-20(10-21(20,22)23)19(28)29-9-16(25)24-11-6-7-14-15(8-11)18(27)13-5-3-2-4-12(13)17(14)26/h2-8H,9-10H2,1H3,(H,24,25). The number of alkyl halides is 2. The van der Waals surface area contributed by atoms with Gasteiger partial charge in [0, 0.05) is 34.4 Å². The lowest BCUT2D eigenvalue weighted by molar-refractivity contribution is -0.152. The Morgan fingerprint density at radius 2 is 1.55 bits per heavy atom. The molecule has 0 spiro atoms. The molecule has 0 aliphatic heterocycles. The third-order valence-corrected chi connectivity index (χ3v) is 6.35. The van der Waals surface area contributed by atoms with Crippen LogP contribution >= 0.6 is 23.2 Å². The van der Waals surface area contributed by atoms with E-state index < -0.39 is 28.2 Å². The lowest BCUT2D eigenvalue weighted by Crippen LogP contribution is -2.27. The van der Waals surface area contributed by atoms with Crippen LogP contribution in [-0.4, -0.2) is 34.4 Å². The van der Waals surface area contributed by atoms with Gasteiger partial charge in [-0.05, 0) is 25.1 Å². The van der Waals surface area contributed by atoms with Crippen LogP contribution in [0.4, 0.5) is 5.69 Å². The van der Waals surface area contributed by atoms with Gasteiger partial charge in [0.2, 0.25) is 0 Å². The quantitative estimate of drug-likeness (QED) is 0.503. The van der Waals surface area contributed by atoms with Crippen LogP contribution in [0.5, 0.6) is 0 Å². The molecule has 2 aromatic rings. The Hall–Kier alpha value is -2.70. The summed E-state index contributed by atoms with van der Waals surface area (Å²) in [5, 5.41) is 2.55. The smallest absolute Gasteiger partial charge is 0.315 e. The van der Waals surface area contributed by atoms with Crippen molar-refractivity contribution < 1.29 is 23.9 Å². The fourth-order valence-electron chi connectivity index (χ4n) is 3.29. The SMILES string of the molecule is CC1(C(=O)OCC(=O)Nc2ccc3c(c2)C(=O)c2ccccc2C3=O)CC1(Cl)Cl. The summed E-state index contributed by atoms with van der Waals surface area (Å²) in [6.45, 7) is 1.04. The van der Waals surface area contributed by atoms with Crippen LogP contribution in [0.2, 0.25) is 0 Å². The number of fused-ring (bicyclic) bond motifs is 2. The molecule has 0 aromatic heterocycles. The lowest BCUT2D eigenvalue weighted by atomic mass is 9.84. The Labute approximate surface area is 176 Å². The predicted molar refractivity (Wildman–Crippen MR) is 106 cm³/mol. The van der Waals surface area contributed by atoms with Crippen LogP contribution in [0, 0.1) is 5.41 Å². The largest absolute Gasteiger partial charge is 0.455 e. The van der Waals surface area contributed by atoms with E-state index in [0.29, 0.717) is 16.8 Å². The van der Waals surface area contributed by atoms with E-state index in [-0.39, 0.29) is 29.1 Å². The van der Waals surface area contributed by atoms with Crippen LogP contribution in [-0.2, 0) is 14.3 Å². The first kappa shape index (κ1) is 19.6. The first-order valence-electron chi connectivity index (χ1n) is 8.81. The van der Waals surface area contributed by atoms with Crippen LogP contribution < -0.4 is 5.32 Å². The molecule has 1 saturated carbocycles. The molecule has 0 saturated heterocycles. The highest BCUT2D eigenvalue weighted by atomic mass is 35.5. The molecule has 2 aliphatic rings. The number of amides is 1. The van der Waals surface area contributed by atoms with Crippen LogP contribution in [0.25, 0.3) is 0 Å². The molecule has 29 heavy (non-hydrogen) atoms. The second-order valence-corrected chi connectivity index (χ2v) is 8.79. The van der Waals surface area contributed by atoms with E-state index >= 15 is 0 Å². The summed E-state index contributed by atoms with van der Waals surface area (Å²) in [5.41, 5.74) is 0.459. The molecule has 1 unspecified atom stereocenters. The van der Waals surface area contributed by atoms with E-state index in [1.54, 1.807) is 31.2 Å². The molecule has 0 bridgehead atoms. The zero-order valence-electron chi connectivity index (χ0n) is 15.3. The van der Waals surface area contributed by atoms with Gasteiger partial charge in [0.25, 0.3) is 5.91 Å². The monoisotopic (exact) mass is 431 g/mol. The van der Waals surface area contributed by atoms with Gasteiger partial charge in [0.15, 0.2) is 18.2 Å². The number of hydrogen-bond acceptors (Lipinski definition) is 5. The summed E-state index contributed by atoms with van der Waals surface area (Å²) in [6, 6.07) is 11.0. The number of esters is 1. The maximum absolute atomic E-state index is 12.7. The summed E-state index contributed by atoms with van der Waals surface area (Å²) in [4.78, 5) is 49.5. The zero-order chi connectivity index (χ0) is 21.0. The summed E-state index contributed by atoms with van der Waals surface area (Å²) < 4.78 is 3.82. The number of carbonyl (C=O) groups excluding carboxylic acids is 4. The molecule has 1 fully saturated rings. The molecule has 6 nitrogen and oxygen atoms in total. The highest BCUT2D eigenvalue weighted by molar-refractivity contribution is 6.53. The van der Waals surface area contributed by atoms with Crippen molar-refractivity contribution in [1.29, 1.82) is 0 Å². The van der Waals surface area contributed by atoms with Crippen LogP contribution in [0.1, 0.15) is 45.2 Å². The Kier molecular flexibility index (Phi) is 4.52. The predicted octanol–water partition coefficient (Wildman–Crippen LogP) is 3.53. The Morgan fingerprint density at radius 3 is 2.14 bits per heavy atom. The molecule has 148 valence electrons. The minimum absolute atomic E-state index is 0.211. The van der Waals surface area contributed by atoms with Crippen molar-refractivity contribution in [3.63, 3.8) is 0 Å². The van der Waals surface area contributed by atoms with Gasteiger partial charge in [-0.3, -0.25) is 19.2 Å². The van der Waals surface area contributed by atoms with E-state index in [9.17, 15) is 19.2 Å². The van der Waals surface area contributed by atoms with Gasteiger partial charge in [0.05, 0.1) is 0 Å². The Bertz CT molecular complexity index is 1090. The number of ether oxygens (including phenoxy) is 1. The average molecular weight is 432 g/mol. The van der Waals surface area contributed by atoms with Crippen molar-refractivity contribution in [2.45, 2.75) is 17.7 Å². The summed E-state index contributed by atoms with van der Waals surface area (Å²) in [7, 11) is 0. The van der Waals surface area contributed by atoms with Gasteiger partial charge in [0.1, 0.15) is 9.75 Å². The number of ketones is 2. The molecule has 2 aromatic carbocycles. The van der Waals surface area contributed by atoms with Crippen molar-refractivity contribution in [2.24, 2.45) is 5.41 Å². The number of anilines is 1. The van der Waals surface area contributed by atoms with E-state index in [0.717, 1.165) is 0 Å². The summed E-state index contributed by atoms with van der Waals surface area (Å²) in [6.07, 6.45) is 0.256. The Morgan fingerprint density at radius 1 is 1.00 bits per heavy atom. The van der Waals surface area contributed by atoms with Gasteiger partial charge in [-0.2, -0.15) is 0 Å². The molecular formula is C21H15Cl2NO5. The van der Waals surface area contributed by atoms with Gasteiger partial charge < -0.3 is 10.1 Å². The fraction of sp³-hybridized carbons (Fsp3) is 0.238. The first-order chi connectivity index (χ1) is 13.6. The number of carbonyl (C=O) groups is 4. The van der Waals surface area contributed by atoms with Gasteiger partial charge >= 0.3 is 5.97 Å². The average Bonchev–Trinajstić information content (AvgIpc) is 3.23. The molecule has 0 heterocycles. The molecule has 4 rings (SSSR count). The van der Waals surface area contributed by atoms with Crippen molar-refractivity contribution in [3.05, 3.63) is 64.7 Å². The minimum atomic E-state index is -1.18. The topological polar surface area (TPSA) is 89.5 Å². The highest BCUT2D eigenvalue weighted by Crippen LogP contribution is 2.64. The third kappa shape index (κ3) is 3.22. The number of nitrogens with one attached hydrogen (secondary N) is 1. The van der Waals surface area contributed by atoms with Gasteiger partial charge in [-0.25, -0.2) is 0 Å². The minimum Gasteiger partial charge on any atom is -0.455 e. The molecular weight excluding hydrogens is 417 g/mol. The number of benzene rings is 2. The molecule has 2 aliphatic carbocycles. The molecule has 1 amide bonds. The Balaban J connectivity index is 1.46.